The number of methoxy groups -OCH3 is 1. The highest BCUT2D eigenvalue weighted by Crippen LogP contribution is 2.32. The maximum Gasteiger partial charge on any atom is 0.264 e. The van der Waals surface area contributed by atoms with Crippen LogP contribution in [0.5, 0.6) is 5.75 Å². The fourth-order valence-electron chi connectivity index (χ4n) is 4.24. The number of nitrogens with zero attached hydrogens (tertiary/aromatic N) is 1. The van der Waals surface area contributed by atoms with Crippen LogP contribution in [-0.4, -0.2) is 28.0 Å². The van der Waals surface area contributed by atoms with Crippen molar-refractivity contribution in [3.05, 3.63) is 87.4 Å². The van der Waals surface area contributed by atoms with Gasteiger partial charge in [-0.05, 0) is 110 Å². The Bertz CT molecular complexity index is 1390. The largest absolute Gasteiger partial charge is 0.496 e. The Morgan fingerprint density at radius 2 is 1.57 bits per heavy atom. The standard InChI is InChI=1S/C29H35ClN2O4S/c1-18(2)26-16-27(21(5)15-28(26)36-7)22(6)31-29(33)17-32(24-11-8-19(3)20(4)14-24)37(34,35)25-12-9-23(30)10-13-25/h8-16,18,22H,17H2,1-7H3,(H,31,33). The van der Waals surface area contributed by atoms with Gasteiger partial charge in [-0.15, -0.1) is 0 Å². The number of hydrogen-bond acceptors (Lipinski definition) is 4. The van der Waals surface area contributed by atoms with E-state index in [-0.39, 0.29) is 23.4 Å². The summed E-state index contributed by atoms with van der Waals surface area (Å²) in [5.41, 5.74) is 5.36. The molecule has 3 rings (SSSR count). The molecule has 0 fully saturated rings. The summed E-state index contributed by atoms with van der Waals surface area (Å²) in [5.74, 6) is 0.635. The normalized spacial score (nSPS) is 12.4. The van der Waals surface area contributed by atoms with E-state index in [0.717, 1.165) is 37.9 Å². The van der Waals surface area contributed by atoms with Gasteiger partial charge < -0.3 is 10.1 Å². The lowest BCUT2D eigenvalue weighted by Crippen LogP contribution is -2.41. The smallest absolute Gasteiger partial charge is 0.264 e. The number of halogens is 1. The van der Waals surface area contributed by atoms with Gasteiger partial charge in [0.15, 0.2) is 0 Å². The molecule has 8 heteroatoms. The second-order valence-corrected chi connectivity index (χ2v) is 11.9. The number of ether oxygens (including phenoxy) is 1. The molecular weight excluding hydrogens is 508 g/mol. The Morgan fingerprint density at radius 1 is 0.919 bits per heavy atom. The highest BCUT2D eigenvalue weighted by molar-refractivity contribution is 7.92. The van der Waals surface area contributed by atoms with Gasteiger partial charge in [0, 0.05) is 5.02 Å². The highest BCUT2D eigenvalue weighted by atomic mass is 35.5. The van der Waals surface area contributed by atoms with Crippen molar-refractivity contribution < 1.29 is 17.9 Å². The molecule has 1 N–H and O–H groups in total. The number of aryl methyl sites for hydroxylation is 3. The van der Waals surface area contributed by atoms with E-state index >= 15 is 0 Å². The summed E-state index contributed by atoms with van der Waals surface area (Å²) in [6.45, 7) is 11.5. The zero-order valence-corrected chi connectivity index (χ0v) is 24.0. The molecule has 0 spiro atoms. The SMILES string of the molecule is COc1cc(C)c(C(C)NC(=O)CN(c2ccc(C)c(C)c2)S(=O)(=O)c2ccc(Cl)cc2)cc1C(C)C. The van der Waals surface area contributed by atoms with Gasteiger partial charge in [0.2, 0.25) is 5.91 Å². The van der Waals surface area contributed by atoms with Crippen molar-refractivity contribution >= 4 is 33.2 Å². The molecule has 3 aromatic rings. The van der Waals surface area contributed by atoms with Crippen LogP contribution in [0.3, 0.4) is 0 Å². The Morgan fingerprint density at radius 3 is 2.14 bits per heavy atom. The predicted molar refractivity (Wildman–Crippen MR) is 150 cm³/mol. The van der Waals surface area contributed by atoms with Gasteiger partial charge >= 0.3 is 0 Å². The first-order valence-corrected chi connectivity index (χ1v) is 14.0. The minimum absolute atomic E-state index is 0.0588. The molecule has 0 aromatic heterocycles. The molecule has 1 atom stereocenters. The molecule has 3 aromatic carbocycles. The minimum Gasteiger partial charge on any atom is -0.496 e. The molecule has 0 radical (unpaired) electrons. The molecule has 0 aliphatic rings. The monoisotopic (exact) mass is 542 g/mol. The van der Waals surface area contributed by atoms with Crippen molar-refractivity contribution in [3.8, 4) is 5.75 Å². The molecule has 0 saturated carbocycles. The van der Waals surface area contributed by atoms with E-state index in [1.165, 1.54) is 24.3 Å². The topological polar surface area (TPSA) is 75.7 Å². The van der Waals surface area contributed by atoms with Crippen molar-refractivity contribution in [3.63, 3.8) is 0 Å². The van der Waals surface area contributed by atoms with Crippen molar-refractivity contribution in [2.45, 2.75) is 58.4 Å². The Hall–Kier alpha value is -3.03. The first kappa shape index (κ1) is 28.5. The van der Waals surface area contributed by atoms with Crippen molar-refractivity contribution in [2.24, 2.45) is 0 Å². The van der Waals surface area contributed by atoms with E-state index in [9.17, 15) is 13.2 Å². The molecule has 0 bridgehead atoms. The second-order valence-electron chi connectivity index (χ2n) is 9.63. The number of amides is 1. The van der Waals surface area contributed by atoms with Crippen LogP contribution in [0.25, 0.3) is 0 Å². The minimum atomic E-state index is -4.03. The van der Waals surface area contributed by atoms with Crippen LogP contribution in [0.4, 0.5) is 5.69 Å². The summed E-state index contributed by atoms with van der Waals surface area (Å²) in [6, 6.07) is 15.0. The summed E-state index contributed by atoms with van der Waals surface area (Å²) in [7, 11) is -2.39. The maximum absolute atomic E-state index is 13.7. The molecule has 0 saturated heterocycles. The Labute approximate surface area is 225 Å². The zero-order valence-electron chi connectivity index (χ0n) is 22.4. The number of rotatable bonds is 9. The fourth-order valence-corrected chi connectivity index (χ4v) is 5.77. The van der Waals surface area contributed by atoms with Crippen molar-refractivity contribution in [1.29, 1.82) is 0 Å². The number of benzene rings is 3. The number of nitrogens with one attached hydrogen (secondary N) is 1. The summed E-state index contributed by atoms with van der Waals surface area (Å²) < 4.78 is 34.0. The van der Waals surface area contributed by atoms with Crippen molar-refractivity contribution in [1.82, 2.24) is 5.32 Å². The van der Waals surface area contributed by atoms with Crippen LogP contribution >= 0.6 is 11.6 Å². The third-order valence-corrected chi connectivity index (χ3v) is 8.59. The van der Waals surface area contributed by atoms with Crippen LogP contribution in [0.15, 0.2) is 59.5 Å². The number of carbonyl (C=O) groups excluding carboxylic acids is 1. The Kier molecular flexibility index (Phi) is 8.92. The van der Waals surface area contributed by atoms with Crippen LogP contribution in [0.1, 0.15) is 60.5 Å². The molecule has 1 unspecified atom stereocenters. The van der Waals surface area contributed by atoms with Crippen LogP contribution < -0.4 is 14.4 Å². The average molecular weight is 543 g/mol. The predicted octanol–water partition coefficient (Wildman–Crippen LogP) is 6.47. The fraction of sp³-hybridized carbons (Fsp3) is 0.345. The van der Waals surface area contributed by atoms with Gasteiger partial charge in [-0.3, -0.25) is 9.10 Å². The molecule has 0 heterocycles. The van der Waals surface area contributed by atoms with Crippen LogP contribution in [0.2, 0.25) is 5.02 Å². The summed E-state index contributed by atoms with van der Waals surface area (Å²) in [5, 5.41) is 3.42. The molecular formula is C29H35ClN2O4S. The van der Waals surface area contributed by atoms with Crippen LogP contribution in [0, 0.1) is 20.8 Å². The summed E-state index contributed by atoms with van der Waals surface area (Å²) >= 11 is 5.98. The first-order valence-electron chi connectivity index (χ1n) is 12.2. The van der Waals surface area contributed by atoms with E-state index in [1.54, 1.807) is 19.2 Å². The number of sulfonamides is 1. The number of hydrogen-bond donors (Lipinski definition) is 1. The van der Waals surface area contributed by atoms with Gasteiger partial charge in [0.05, 0.1) is 23.7 Å². The molecule has 198 valence electrons. The van der Waals surface area contributed by atoms with Gasteiger partial charge in [-0.25, -0.2) is 8.42 Å². The van der Waals surface area contributed by atoms with Gasteiger partial charge in [-0.2, -0.15) is 0 Å². The molecule has 6 nitrogen and oxygen atoms in total. The van der Waals surface area contributed by atoms with E-state index in [2.05, 4.69) is 25.2 Å². The number of carbonyl (C=O) groups is 1. The second kappa shape index (κ2) is 11.6. The van der Waals surface area contributed by atoms with E-state index in [1.807, 2.05) is 39.8 Å². The molecule has 0 aliphatic carbocycles. The quantitative estimate of drug-likeness (QED) is 0.336. The van der Waals surface area contributed by atoms with Gasteiger partial charge in [0.25, 0.3) is 10.0 Å². The third kappa shape index (κ3) is 6.46. The van der Waals surface area contributed by atoms with E-state index in [4.69, 9.17) is 16.3 Å². The van der Waals surface area contributed by atoms with Gasteiger partial charge in [-0.1, -0.05) is 31.5 Å². The lowest BCUT2D eigenvalue weighted by molar-refractivity contribution is -0.120. The van der Waals surface area contributed by atoms with E-state index < -0.39 is 15.9 Å². The molecule has 0 aliphatic heterocycles. The van der Waals surface area contributed by atoms with Crippen molar-refractivity contribution in [2.75, 3.05) is 18.0 Å². The number of anilines is 1. The van der Waals surface area contributed by atoms with Gasteiger partial charge in [0.1, 0.15) is 12.3 Å². The van der Waals surface area contributed by atoms with E-state index in [0.29, 0.717) is 10.7 Å². The average Bonchev–Trinajstić information content (AvgIpc) is 2.84. The van der Waals surface area contributed by atoms with Crippen LogP contribution in [-0.2, 0) is 14.8 Å². The lowest BCUT2D eigenvalue weighted by Gasteiger charge is -2.26. The summed E-state index contributed by atoms with van der Waals surface area (Å²) in [6.07, 6.45) is 0. The molecule has 37 heavy (non-hydrogen) atoms. The zero-order chi connectivity index (χ0) is 27.5. The molecule has 1 amide bonds. The highest BCUT2D eigenvalue weighted by Gasteiger charge is 2.28. The first-order chi connectivity index (χ1) is 17.3. The third-order valence-electron chi connectivity index (χ3n) is 6.55. The lowest BCUT2D eigenvalue weighted by atomic mass is 9.93. The Balaban J connectivity index is 1.94. The maximum atomic E-state index is 13.7. The summed E-state index contributed by atoms with van der Waals surface area (Å²) in [4.78, 5) is 13.3.